The topological polar surface area (TPSA) is 95.2 Å². The monoisotopic (exact) mass is 582 g/mol. The van der Waals surface area contributed by atoms with Gasteiger partial charge in [0.15, 0.2) is 0 Å². The second-order valence-corrected chi connectivity index (χ2v) is 8.98. The van der Waals surface area contributed by atoms with Crippen molar-refractivity contribution in [2.45, 2.75) is 18.6 Å². The molecule has 3 N–H and O–H groups in total. The molecule has 3 heterocycles. The number of rotatable bonds is 7. The van der Waals surface area contributed by atoms with E-state index in [1.807, 2.05) is 6.07 Å². The molecule has 1 saturated heterocycles. The molecule has 8 nitrogen and oxygen atoms in total. The molecule has 0 saturated carbocycles. The standard InChI is InChI=1S/C26H23F5N6O2.ClH/c27-25(28,26(29,30)31)21-6-5-18(12-17(21)15-37-8-10-39-11-9-37)35-24(38)20-2-1-7-32-23(20)34-19-4-3-16-14-33-36-22(16)13-19;/h1-7,12-14H,8-11,15H2,(H,32,34)(H,33,36)(H,35,38);1H. The molecule has 212 valence electrons. The minimum Gasteiger partial charge on any atom is -0.379 e. The number of nitrogens with one attached hydrogen (secondary N) is 3. The first kappa shape index (κ1) is 29.2. The molecular formula is C26H24ClF5N6O2. The molecular weight excluding hydrogens is 559 g/mol. The average Bonchev–Trinajstić information content (AvgIpc) is 3.37. The van der Waals surface area contributed by atoms with E-state index in [1.165, 1.54) is 12.3 Å². The lowest BCUT2D eigenvalue weighted by Gasteiger charge is -2.29. The first-order valence-electron chi connectivity index (χ1n) is 12.0. The molecule has 2 aromatic carbocycles. The van der Waals surface area contributed by atoms with Crippen LogP contribution in [0.25, 0.3) is 10.9 Å². The number of H-pyrrole nitrogens is 1. The van der Waals surface area contributed by atoms with E-state index in [0.717, 1.165) is 23.0 Å². The summed E-state index contributed by atoms with van der Waals surface area (Å²) in [4.78, 5) is 19.1. The number of benzene rings is 2. The Kier molecular flexibility index (Phi) is 8.57. The summed E-state index contributed by atoms with van der Waals surface area (Å²) in [5.74, 6) is -5.46. The van der Waals surface area contributed by atoms with E-state index in [1.54, 1.807) is 29.3 Å². The van der Waals surface area contributed by atoms with E-state index in [-0.39, 0.29) is 41.6 Å². The summed E-state index contributed by atoms with van der Waals surface area (Å²) < 4.78 is 73.7. The Hall–Kier alpha value is -3.81. The Balaban J connectivity index is 0.00000370. The van der Waals surface area contributed by atoms with Crippen LogP contribution in [0.3, 0.4) is 0 Å². The smallest absolute Gasteiger partial charge is 0.379 e. The highest BCUT2D eigenvalue weighted by atomic mass is 35.5. The maximum Gasteiger partial charge on any atom is 0.458 e. The largest absolute Gasteiger partial charge is 0.458 e. The summed E-state index contributed by atoms with van der Waals surface area (Å²) in [6.45, 7) is 1.27. The fraction of sp³-hybridized carbons (Fsp3) is 0.269. The Labute approximate surface area is 231 Å². The van der Waals surface area contributed by atoms with Crippen molar-refractivity contribution in [3.63, 3.8) is 0 Å². The number of alkyl halides is 5. The molecule has 0 bridgehead atoms. The third-order valence-corrected chi connectivity index (χ3v) is 6.31. The molecule has 1 fully saturated rings. The number of fused-ring (bicyclic) bond motifs is 1. The van der Waals surface area contributed by atoms with Gasteiger partial charge in [-0.25, -0.2) is 4.98 Å². The molecule has 1 amide bonds. The van der Waals surface area contributed by atoms with Crippen LogP contribution in [0, 0.1) is 0 Å². The fourth-order valence-electron chi connectivity index (χ4n) is 4.30. The zero-order valence-electron chi connectivity index (χ0n) is 20.8. The van der Waals surface area contributed by atoms with Gasteiger partial charge in [0.25, 0.3) is 5.91 Å². The predicted octanol–water partition coefficient (Wildman–Crippen LogP) is 5.86. The van der Waals surface area contributed by atoms with Crippen molar-refractivity contribution in [3.8, 4) is 0 Å². The van der Waals surface area contributed by atoms with E-state index < -0.39 is 23.6 Å². The Morgan fingerprint density at radius 1 is 1.02 bits per heavy atom. The van der Waals surface area contributed by atoms with Gasteiger partial charge in [-0.15, -0.1) is 12.4 Å². The summed E-state index contributed by atoms with van der Waals surface area (Å²) in [5, 5.41) is 13.4. The number of ether oxygens (including phenoxy) is 1. The van der Waals surface area contributed by atoms with Crippen molar-refractivity contribution in [2.75, 3.05) is 36.9 Å². The molecule has 1 aliphatic heterocycles. The highest BCUT2D eigenvalue weighted by Crippen LogP contribution is 2.45. The van der Waals surface area contributed by atoms with Crippen LogP contribution in [0.5, 0.6) is 0 Å². The molecule has 5 rings (SSSR count). The second-order valence-electron chi connectivity index (χ2n) is 8.98. The van der Waals surface area contributed by atoms with Gasteiger partial charge in [-0.2, -0.15) is 27.1 Å². The van der Waals surface area contributed by atoms with Crippen LogP contribution in [-0.2, 0) is 17.2 Å². The molecule has 0 unspecified atom stereocenters. The van der Waals surface area contributed by atoms with E-state index in [9.17, 15) is 26.7 Å². The summed E-state index contributed by atoms with van der Waals surface area (Å²) in [6, 6.07) is 11.4. The van der Waals surface area contributed by atoms with Crippen LogP contribution in [0.1, 0.15) is 21.5 Å². The normalized spacial score (nSPS) is 14.5. The summed E-state index contributed by atoms with van der Waals surface area (Å²) in [7, 11) is 0. The number of pyridine rings is 1. The number of hydrogen-bond donors (Lipinski definition) is 3. The third kappa shape index (κ3) is 6.16. The number of morpholine rings is 1. The lowest BCUT2D eigenvalue weighted by molar-refractivity contribution is -0.289. The summed E-state index contributed by atoms with van der Waals surface area (Å²) in [6.07, 6.45) is -2.61. The molecule has 2 aromatic heterocycles. The Morgan fingerprint density at radius 3 is 2.52 bits per heavy atom. The first-order chi connectivity index (χ1) is 18.6. The maximum absolute atomic E-state index is 14.4. The predicted molar refractivity (Wildman–Crippen MR) is 141 cm³/mol. The van der Waals surface area contributed by atoms with Crippen molar-refractivity contribution < 1.29 is 31.5 Å². The molecule has 4 aromatic rings. The van der Waals surface area contributed by atoms with Gasteiger partial charge in [0.2, 0.25) is 0 Å². The molecule has 0 atom stereocenters. The molecule has 0 aliphatic carbocycles. The van der Waals surface area contributed by atoms with Gasteiger partial charge in [0, 0.05) is 48.2 Å². The SMILES string of the molecule is Cl.O=C(Nc1ccc(C(F)(F)C(F)(F)F)c(CN2CCOCC2)c1)c1cccnc1Nc1ccc2cn[nH]c2c1. The van der Waals surface area contributed by atoms with Crippen LogP contribution < -0.4 is 10.6 Å². The zero-order chi connectivity index (χ0) is 27.6. The second kappa shape index (κ2) is 11.7. The number of carbonyl (C=O) groups excluding carboxylic acids is 1. The minimum atomic E-state index is -5.77. The number of nitrogens with zero attached hydrogens (tertiary/aromatic N) is 3. The van der Waals surface area contributed by atoms with Crippen LogP contribution in [-0.4, -0.2) is 58.5 Å². The molecule has 0 spiro atoms. The number of aromatic amines is 1. The van der Waals surface area contributed by atoms with Crippen molar-refractivity contribution in [2.24, 2.45) is 0 Å². The summed E-state index contributed by atoms with van der Waals surface area (Å²) >= 11 is 0. The highest BCUT2D eigenvalue weighted by molar-refractivity contribution is 6.08. The van der Waals surface area contributed by atoms with Gasteiger partial charge in [0.1, 0.15) is 5.82 Å². The van der Waals surface area contributed by atoms with Crippen LogP contribution >= 0.6 is 12.4 Å². The first-order valence-corrected chi connectivity index (χ1v) is 12.0. The van der Waals surface area contributed by atoms with Crippen molar-refractivity contribution in [1.82, 2.24) is 20.1 Å². The molecule has 14 heteroatoms. The van der Waals surface area contributed by atoms with E-state index >= 15 is 0 Å². The van der Waals surface area contributed by atoms with E-state index in [2.05, 4.69) is 25.8 Å². The lowest BCUT2D eigenvalue weighted by atomic mass is 9.99. The highest BCUT2D eigenvalue weighted by Gasteiger charge is 2.59. The number of hydrogen-bond acceptors (Lipinski definition) is 6. The van der Waals surface area contributed by atoms with Gasteiger partial charge < -0.3 is 15.4 Å². The average molecular weight is 583 g/mol. The quantitative estimate of drug-likeness (QED) is 0.236. The molecule has 1 aliphatic rings. The number of aromatic nitrogens is 3. The summed E-state index contributed by atoms with van der Waals surface area (Å²) in [5.41, 5.74) is 0.212. The zero-order valence-corrected chi connectivity index (χ0v) is 21.6. The van der Waals surface area contributed by atoms with Gasteiger partial charge in [0.05, 0.1) is 30.5 Å². The lowest BCUT2D eigenvalue weighted by Crippen LogP contribution is -2.38. The van der Waals surface area contributed by atoms with Gasteiger partial charge in [-0.05, 0) is 48.0 Å². The van der Waals surface area contributed by atoms with Crippen molar-refractivity contribution in [3.05, 3.63) is 77.6 Å². The minimum absolute atomic E-state index is 0. The molecule has 40 heavy (non-hydrogen) atoms. The fourth-order valence-corrected chi connectivity index (χ4v) is 4.30. The maximum atomic E-state index is 14.4. The Morgan fingerprint density at radius 2 is 1.77 bits per heavy atom. The van der Waals surface area contributed by atoms with Crippen LogP contribution in [0.2, 0.25) is 0 Å². The molecule has 0 radical (unpaired) electrons. The van der Waals surface area contributed by atoms with Crippen molar-refractivity contribution in [1.29, 1.82) is 0 Å². The van der Waals surface area contributed by atoms with E-state index in [0.29, 0.717) is 38.1 Å². The van der Waals surface area contributed by atoms with Crippen LogP contribution in [0.15, 0.2) is 60.9 Å². The van der Waals surface area contributed by atoms with Gasteiger partial charge in [-0.3, -0.25) is 14.8 Å². The number of carbonyl (C=O) groups is 1. The third-order valence-electron chi connectivity index (χ3n) is 6.31. The van der Waals surface area contributed by atoms with E-state index in [4.69, 9.17) is 4.74 Å². The Bertz CT molecular complexity index is 1490. The van der Waals surface area contributed by atoms with Crippen LogP contribution in [0.4, 0.5) is 39.1 Å². The van der Waals surface area contributed by atoms with Gasteiger partial charge in [-0.1, -0.05) is 6.07 Å². The number of anilines is 3. The number of amides is 1. The van der Waals surface area contributed by atoms with Crippen molar-refractivity contribution >= 4 is 46.4 Å². The van der Waals surface area contributed by atoms with Gasteiger partial charge >= 0.3 is 12.1 Å². The number of halogens is 6.